The number of nitrogens with zero attached hydrogens (tertiary/aromatic N) is 10. The van der Waals surface area contributed by atoms with Crippen molar-refractivity contribution >= 4 is 230 Å². The van der Waals surface area contributed by atoms with Crippen molar-refractivity contribution in [2.45, 2.75) is 53.0 Å². The van der Waals surface area contributed by atoms with E-state index in [0.29, 0.717) is 36.4 Å². The number of benzene rings is 8. The maximum atomic E-state index is 12.8. The molecule has 2 aromatic heterocycles. The smallest absolute Gasteiger partial charge is 0.744 e. The van der Waals surface area contributed by atoms with Gasteiger partial charge in [-0.2, -0.15) is 29.9 Å². The van der Waals surface area contributed by atoms with Gasteiger partial charge in [0.05, 0.1) is 50.5 Å². The Kier molecular flexibility index (Phi) is 40.7. The van der Waals surface area contributed by atoms with E-state index < -0.39 is 187 Å². The van der Waals surface area contributed by atoms with E-state index in [0.717, 1.165) is 62.4 Å². The van der Waals surface area contributed by atoms with Gasteiger partial charge in [-0.15, -0.1) is 20.5 Å². The standard InChI is InChI=1S/C56H42Cl2N16O26S8.8Na/c1-25(75)59-41-17-31(9-11-39(41)71-73-43-23-37-29(15-49(43)107(95,96)97)13-35(101(77,78)79)21-47(37)105(89,90)91)61-53-65-51(57)67-55(69-53)63-33-7-5-27(45(19-33)103(83,84)85)3-4-28-6-8-34(20-46(28)104(86,87)88)64-56-68-52(58)66-54(70-56)62-32-10-12-40(42(18-32)60-26(2)76)72-74-44-24-38-30(16-50(44)108(98,99)100)14-36(102(80,81)82)22-48(38)106(92,93)94;;;;;;;;/h3-24H,1-2H3,(H,59,75)(H,60,76)(H,77,78,79)(H,80,81,82)(H,83,84,85)(H,86,87,88)(H,89,90,91)(H,92,93,94)(H,95,96,97)(H,98,99,100)(H2,61,63,65,67,69)(H2,62,64,66,68,70);;;;;;;;/q;8*+1/p-8. The number of anilines is 10. The minimum absolute atomic E-state index is 0. The Morgan fingerprint density at radius 3 is 0.853 bits per heavy atom. The van der Waals surface area contributed by atoms with Gasteiger partial charge in [-0.3, -0.25) is 9.59 Å². The zero-order valence-corrected chi connectivity index (χ0v) is 84.9. The Labute approximate surface area is 844 Å². The van der Waals surface area contributed by atoms with E-state index in [4.69, 9.17) is 23.2 Å². The molecule has 0 saturated heterocycles. The molecule has 0 aliphatic rings. The van der Waals surface area contributed by atoms with Crippen LogP contribution < -0.4 is 268 Å². The zero-order chi connectivity index (χ0) is 79.3. The summed E-state index contributed by atoms with van der Waals surface area (Å²) in [5.74, 6) is -2.99. The molecule has 0 saturated carbocycles. The number of nitrogens with one attached hydrogen (secondary N) is 6. The molecule has 0 bridgehead atoms. The third-order valence-electron chi connectivity index (χ3n) is 14.0. The molecule has 0 spiro atoms. The molecule has 2 amide bonds. The van der Waals surface area contributed by atoms with Crippen LogP contribution in [-0.4, -0.2) is 145 Å². The number of fused-ring (bicyclic) bond motifs is 2. The third-order valence-corrected chi connectivity index (χ3v) is 21.2. The van der Waals surface area contributed by atoms with Gasteiger partial charge in [0.15, 0.2) is 0 Å². The van der Waals surface area contributed by atoms with Gasteiger partial charge >= 0.3 is 236 Å². The van der Waals surface area contributed by atoms with Gasteiger partial charge in [-0.1, -0.05) is 24.3 Å². The predicted molar refractivity (Wildman–Crippen MR) is 366 cm³/mol. The molecule has 0 fully saturated rings. The minimum Gasteiger partial charge on any atom is -0.744 e. The first-order chi connectivity index (χ1) is 49.9. The second-order valence-electron chi connectivity index (χ2n) is 21.6. The number of halogens is 2. The Hall–Kier alpha value is -2.76. The van der Waals surface area contributed by atoms with Crippen molar-refractivity contribution < 1.29 is 350 Å². The molecule has 2 heterocycles. The van der Waals surface area contributed by atoms with Crippen LogP contribution in [0.5, 0.6) is 0 Å². The van der Waals surface area contributed by atoms with Gasteiger partial charge in [0, 0.05) is 47.4 Å². The van der Waals surface area contributed by atoms with E-state index in [1.54, 1.807) is 0 Å². The fourth-order valence-corrected chi connectivity index (χ4v) is 15.3. The third kappa shape index (κ3) is 28.9. The maximum absolute atomic E-state index is 12.8. The SMILES string of the molecule is CC(=O)Nc1cc(Nc2nc(Cl)nc(Nc3ccc(C=Cc4ccc(Nc5nc(Cl)nc(Nc6ccc(N=Nc7cc8c(S(=O)(=O)[O-])cc(S(=O)(=O)[O-])cc8cc7S(=O)(=O)[O-])c(NC(C)=O)c6)n5)cc4S(=O)(=O)[O-])c(S(=O)(=O)[O-])c3)n2)ccc1N=Nc1cc2c(S(=O)(=O)[O-])cc(S(=O)(=O)[O-])cc2cc1S(=O)(=O)[O-].[Na+].[Na+].[Na+].[Na+].[Na+].[Na+].[Na+].[Na+]. The average molecular weight is 1860 g/mol. The largest absolute Gasteiger partial charge is 1.00 e. The van der Waals surface area contributed by atoms with Crippen molar-refractivity contribution in [1.29, 1.82) is 0 Å². The van der Waals surface area contributed by atoms with Crippen LogP contribution in [0.3, 0.4) is 0 Å². The van der Waals surface area contributed by atoms with Crippen LogP contribution in [0.4, 0.5) is 80.7 Å². The molecule has 0 atom stereocenters. The van der Waals surface area contributed by atoms with E-state index in [2.05, 4.69) is 82.3 Å². The van der Waals surface area contributed by atoms with Crippen LogP contribution in [0, 0.1) is 0 Å². The number of carbonyl (C=O) groups excluding carboxylic acids is 2. The molecule has 8 aromatic carbocycles. The molecule has 0 aliphatic carbocycles. The first kappa shape index (κ1) is 109. The second kappa shape index (κ2) is 43.2. The summed E-state index contributed by atoms with van der Waals surface area (Å²) in [6, 6.07) is 17.0. The Bertz CT molecular complexity index is 6280. The fourth-order valence-electron chi connectivity index (χ4n) is 9.65. The van der Waals surface area contributed by atoms with Gasteiger partial charge in [0.2, 0.25) is 46.2 Å². The quantitative estimate of drug-likeness (QED) is 0.0142. The van der Waals surface area contributed by atoms with E-state index in [9.17, 15) is 113 Å². The molecular formula is C56H34Cl2N16Na8O26S8. The molecule has 0 radical (unpaired) electrons. The summed E-state index contributed by atoms with van der Waals surface area (Å²) in [6.07, 6.45) is 1.95. The summed E-state index contributed by atoms with van der Waals surface area (Å²) < 4.78 is 295. The van der Waals surface area contributed by atoms with Gasteiger partial charge in [0.25, 0.3) is 0 Å². The first-order valence-corrected chi connectivity index (χ1v) is 40.4. The van der Waals surface area contributed by atoms with Crippen LogP contribution in [0.25, 0.3) is 33.7 Å². The number of hydrogen-bond donors (Lipinski definition) is 6. The molecule has 0 unspecified atom stereocenters. The van der Waals surface area contributed by atoms with Crippen molar-refractivity contribution in [3.8, 4) is 0 Å². The average Bonchev–Trinajstić information content (AvgIpc) is 0.754. The van der Waals surface area contributed by atoms with Crippen molar-refractivity contribution in [3.05, 3.63) is 143 Å². The van der Waals surface area contributed by atoms with E-state index in [1.165, 1.54) is 36.4 Å². The molecule has 0 aliphatic heterocycles. The van der Waals surface area contributed by atoms with Gasteiger partial charge in [0.1, 0.15) is 104 Å². The topological polar surface area (TPSA) is 691 Å². The maximum Gasteiger partial charge on any atom is 1.00 e. The molecule has 10 aromatic rings. The second-order valence-corrected chi connectivity index (χ2v) is 33.1. The molecule has 42 nitrogen and oxygen atoms in total. The summed E-state index contributed by atoms with van der Waals surface area (Å²) >= 11 is 12.4. The van der Waals surface area contributed by atoms with E-state index in [1.807, 2.05) is 0 Å². The monoisotopic (exact) mass is 1860 g/mol. The summed E-state index contributed by atoms with van der Waals surface area (Å²) in [4.78, 5) is 39.4. The molecule has 6 N–H and O–H groups in total. The van der Waals surface area contributed by atoms with Crippen LogP contribution in [0.2, 0.25) is 10.6 Å². The fraction of sp³-hybridized carbons (Fsp3) is 0.0357. The molecule has 10 rings (SSSR count). The predicted octanol–water partition coefficient (Wildman–Crippen LogP) is -17.2. The van der Waals surface area contributed by atoms with Gasteiger partial charge in [-0.05, 0) is 154 Å². The number of amides is 2. The molecule has 60 heteroatoms. The summed E-state index contributed by atoms with van der Waals surface area (Å²) in [5, 5.41) is 27.2. The van der Waals surface area contributed by atoms with E-state index >= 15 is 0 Å². The summed E-state index contributed by atoms with van der Waals surface area (Å²) in [5.41, 5.74) is -3.79. The Morgan fingerprint density at radius 1 is 0.319 bits per heavy atom. The summed E-state index contributed by atoms with van der Waals surface area (Å²) in [6.45, 7) is 2.12. The van der Waals surface area contributed by atoms with E-state index in [-0.39, 0.29) is 317 Å². The van der Waals surface area contributed by atoms with Crippen LogP contribution in [-0.2, 0) is 90.5 Å². The number of aromatic nitrogens is 6. The number of carbonyl (C=O) groups is 2. The normalized spacial score (nSPS) is 11.9. The molecule has 116 heavy (non-hydrogen) atoms. The minimum atomic E-state index is -5.60. The Morgan fingerprint density at radius 2 is 0.586 bits per heavy atom. The van der Waals surface area contributed by atoms with Crippen molar-refractivity contribution in [3.63, 3.8) is 0 Å². The first-order valence-electron chi connectivity index (χ1n) is 28.4. The van der Waals surface area contributed by atoms with Crippen LogP contribution in [0.1, 0.15) is 25.0 Å². The summed E-state index contributed by atoms with van der Waals surface area (Å²) in [7, 11) is -44.1. The van der Waals surface area contributed by atoms with Gasteiger partial charge in [-0.25, -0.2) is 67.3 Å². The van der Waals surface area contributed by atoms with Crippen molar-refractivity contribution in [2.75, 3.05) is 31.9 Å². The molecular weight excluding hydrogens is 1820 g/mol. The number of rotatable bonds is 24. The number of hydrogen-bond acceptors (Lipinski definition) is 40. The van der Waals surface area contributed by atoms with Crippen LogP contribution in [0.15, 0.2) is 181 Å². The van der Waals surface area contributed by atoms with Crippen molar-refractivity contribution in [2.24, 2.45) is 20.5 Å². The zero-order valence-electron chi connectivity index (χ0n) is 60.8. The van der Waals surface area contributed by atoms with Gasteiger partial charge < -0.3 is 68.3 Å². The molecule has 564 valence electrons. The Balaban J connectivity index is 0.00000570. The van der Waals surface area contributed by atoms with Crippen molar-refractivity contribution in [1.82, 2.24) is 29.9 Å². The van der Waals surface area contributed by atoms with Crippen LogP contribution >= 0.6 is 23.2 Å². The number of azo groups is 2.